The first-order valence-corrected chi connectivity index (χ1v) is 8.16. The fraction of sp³-hybridized carbons (Fsp3) is 0.667. The van der Waals surface area contributed by atoms with Crippen molar-refractivity contribution < 1.29 is 0 Å². The molecule has 0 amide bonds. The van der Waals surface area contributed by atoms with Crippen LogP contribution in [0.1, 0.15) is 26.3 Å². The van der Waals surface area contributed by atoms with Crippen LogP contribution in [-0.4, -0.2) is 56.1 Å². The molecule has 0 bridgehead atoms. The maximum atomic E-state index is 3.51. The van der Waals surface area contributed by atoms with E-state index in [1.54, 1.807) is 0 Å². The second-order valence-corrected chi connectivity index (χ2v) is 7.51. The van der Waals surface area contributed by atoms with Crippen LogP contribution in [0.15, 0.2) is 24.3 Å². The average molecular weight is 289 g/mol. The van der Waals surface area contributed by atoms with Crippen molar-refractivity contribution in [1.29, 1.82) is 0 Å². The Morgan fingerprint density at radius 2 is 1.62 bits per heavy atom. The number of benzene rings is 1. The summed E-state index contributed by atoms with van der Waals surface area (Å²) in [6.45, 7) is 13.8. The van der Waals surface area contributed by atoms with Gasteiger partial charge in [-0.05, 0) is 36.6 Å². The van der Waals surface area contributed by atoms with Gasteiger partial charge in [-0.2, -0.15) is 0 Å². The minimum absolute atomic E-state index is 0.320. The van der Waals surface area contributed by atoms with Crippen LogP contribution >= 0.6 is 0 Å². The van der Waals surface area contributed by atoms with E-state index in [9.17, 15) is 0 Å². The molecule has 1 saturated heterocycles. The van der Waals surface area contributed by atoms with E-state index in [0.717, 1.165) is 13.0 Å². The minimum atomic E-state index is 0.320. The van der Waals surface area contributed by atoms with Crippen LogP contribution in [0.25, 0.3) is 0 Å². The first kappa shape index (κ1) is 16.3. The number of nitrogens with zero attached hydrogens (tertiary/aromatic N) is 2. The van der Waals surface area contributed by atoms with Gasteiger partial charge in [0.25, 0.3) is 0 Å². The third-order valence-corrected chi connectivity index (χ3v) is 4.09. The normalized spacial score (nSPS) is 17.9. The molecule has 1 fully saturated rings. The van der Waals surface area contributed by atoms with Gasteiger partial charge in [0.1, 0.15) is 0 Å². The molecule has 0 unspecified atom stereocenters. The van der Waals surface area contributed by atoms with Gasteiger partial charge in [0.2, 0.25) is 0 Å². The van der Waals surface area contributed by atoms with E-state index in [1.807, 2.05) is 0 Å². The van der Waals surface area contributed by atoms with E-state index in [4.69, 9.17) is 0 Å². The summed E-state index contributed by atoms with van der Waals surface area (Å²) in [5.41, 5.74) is 2.99. The molecule has 3 heteroatoms. The van der Waals surface area contributed by atoms with Gasteiger partial charge in [0.15, 0.2) is 0 Å². The predicted octanol–water partition coefficient (Wildman–Crippen LogP) is 2.93. The third kappa shape index (κ3) is 6.06. The molecule has 1 aromatic carbocycles. The molecule has 2 rings (SSSR count). The molecular weight excluding hydrogens is 258 g/mol. The fourth-order valence-electron chi connectivity index (χ4n) is 2.52. The standard InChI is InChI=1S/C18H31N3/c1-18(2,3)15-19-17-7-5-16(6-8-17)9-10-21-13-11-20(4)12-14-21/h5-8,19H,9-15H2,1-4H3. The molecule has 118 valence electrons. The van der Waals surface area contributed by atoms with Crippen molar-refractivity contribution in [2.75, 3.05) is 51.6 Å². The summed E-state index contributed by atoms with van der Waals surface area (Å²) >= 11 is 0. The topological polar surface area (TPSA) is 18.5 Å². The molecule has 0 radical (unpaired) electrons. The lowest BCUT2D eigenvalue weighted by molar-refractivity contribution is 0.155. The fourth-order valence-corrected chi connectivity index (χ4v) is 2.52. The smallest absolute Gasteiger partial charge is 0.0340 e. The molecule has 0 aliphatic carbocycles. The predicted molar refractivity (Wildman–Crippen MR) is 92.0 cm³/mol. The van der Waals surface area contributed by atoms with Crippen molar-refractivity contribution in [2.45, 2.75) is 27.2 Å². The summed E-state index contributed by atoms with van der Waals surface area (Å²) in [4.78, 5) is 4.98. The third-order valence-electron chi connectivity index (χ3n) is 4.09. The van der Waals surface area contributed by atoms with Crippen molar-refractivity contribution in [3.05, 3.63) is 29.8 Å². The molecular formula is C18H31N3. The zero-order valence-corrected chi connectivity index (χ0v) is 14.2. The van der Waals surface area contributed by atoms with Gasteiger partial charge in [0, 0.05) is 45.0 Å². The average Bonchev–Trinajstić information content (AvgIpc) is 2.45. The minimum Gasteiger partial charge on any atom is -0.385 e. The number of nitrogens with one attached hydrogen (secondary N) is 1. The summed E-state index contributed by atoms with van der Waals surface area (Å²) < 4.78 is 0. The number of likely N-dealkylation sites (N-methyl/N-ethyl adjacent to an activating group) is 1. The van der Waals surface area contributed by atoms with E-state index < -0.39 is 0 Å². The van der Waals surface area contributed by atoms with E-state index in [0.29, 0.717) is 5.41 Å². The summed E-state index contributed by atoms with van der Waals surface area (Å²) in [6, 6.07) is 8.96. The molecule has 1 N–H and O–H groups in total. The van der Waals surface area contributed by atoms with Crippen LogP contribution < -0.4 is 5.32 Å². The van der Waals surface area contributed by atoms with Crippen molar-refractivity contribution in [2.24, 2.45) is 5.41 Å². The molecule has 0 spiro atoms. The summed E-state index contributed by atoms with van der Waals surface area (Å²) in [5, 5.41) is 3.51. The van der Waals surface area contributed by atoms with E-state index >= 15 is 0 Å². The number of piperazine rings is 1. The van der Waals surface area contributed by atoms with E-state index in [1.165, 1.54) is 44.0 Å². The summed E-state index contributed by atoms with van der Waals surface area (Å²) in [6.07, 6.45) is 1.16. The Hall–Kier alpha value is -1.06. The molecule has 0 atom stereocenters. The van der Waals surface area contributed by atoms with E-state index in [2.05, 4.69) is 67.2 Å². The molecule has 21 heavy (non-hydrogen) atoms. The number of hydrogen-bond donors (Lipinski definition) is 1. The number of anilines is 1. The number of hydrogen-bond acceptors (Lipinski definition) is 3. The highest BCUT2D eigenvalue weighted by atomic mass is 15.2. The Kier molecular flexibility index (Phi) is 5.65. The van der Waals surface area contributed by atoms with Crippen LogP contribution in [0, 0.1) is 5.41 Å². The Bertz CT molecular complexity index is 411. The van der Waals surface area contributed by atoms with Crippen molar-refractivity contribution >= 4 is 5.69 Å². The quantitative estimate of drug-likeness (QED) is 0.899. The molecule has 0 aromatic heterocycles. The Labute approximate surface area is 130 Å². The summed E-state index contributed by atoms with van der Waals surface area (Å²) in [5.74, 6) is 0. The highest BCUT2D eigenvalue weighted by molar-refractivity contribution is 5.44. The Morgan fingerprint density at radius 3 is 2.19 bits per heavy atom. The van der Waals surface area contributed by atoms with Gasteiger partial charge < -0.3 is 15.1 Å². The van der Waals surface area contributed by atoms with Crippen molar-refractivity contribution in [1.82, 2.24) is 9.80 Å². The largest absolute Gasteiger partial charge is 0.385 e. The Morgan fingerprint density at radius 1 is 1.00 bits per heavy atom. The van der Waals surface area contributed by atoms with Crippen molar-refractivity contribution in [3.63, 3.8) is 0 Å². The molecule has 1 aromatic rings. The van der Waals surface area contributed by atoms with Gasteiger partial charge >= 0.3 is 0 Å². The maximum absolute atomic E-state index is 3.51. The molecule has 1 heterocycles. The second kappa shape index (κ2) is 7.28. The SMILES string of the molecule is CN1CCN(CCc2ccc(NCC(C)(C)C)cc2)CC1. The highest BCUT2D eigenvalue weighted by Crippen LogP contribution is 2.16. The first-order chi connectivity index (χ1) is 9.92. The molecule has 3 nitrogen and oxygen atoms in total. The van der Waals surface area contributed by atoms with Gasteiger partial charge in [-0.1, -0.05) is 32.9 Å². The lowest BCUT2D eigenvalue weighted by Crippen LogP contribution is -2.45. The zero-order valence-electron chi connectivity index (χ0n) is 14.2. The van der Waals surface area contributed by atoms with Crippen LogP contribution in [0.4, 0.5) is 5.69 Å². The van der Waals surface area contributed by atoms with Crippen molar-refractivity contribution in [3.8, 4) is 0 Å². The monoisotopic (exact) mass is 289 g/mol. The maximum Gasteiger partial charge on any atom is 0.0340 e. The van der Waals surface area contributed by atoms with Gasteiger partial charge in [-0.3, -0.25) is 0 Å². The lowest BCUT2D eigenvalue weighted by Gasteiger charge is -2.32. The zero-order chi connectivity index (χ0) is 15.3. The van der Waals surface area contributed by atoms with Crippen LogP contribution in [0.5, 0.6) is 0 Å². The van der Waals surface area contributed by atoms with Crippen LogP contribution in [0.2, 0.25) is 0 Å². The van der Waals surface area contributed by atoms with Gasteiger partial charge in [0.05, 0.1) is 0 Å². The Balaban J connectivity index is 1.74. The lowest BCUT2D eigenvalue weighted by atomic mass is 9.97. The first-order valence-electron chi connectivity index (χ1n) is 8.16. The molecule has 1 aliphatic heterocycles. The van der Waals surface area contributed by atoms with E-state index in [-0.39, 0.29) is 0 Å². The molecule has 1 aliphatic rings. The summed E-state index contributed by atoms with van der Waals surface area (Å²) in [7, 11) is 2.21. The van der Waals surface area contributed by atoms with Crippen LogP contribution in [0.3, 0.4) is 0 Å². The van der Waals surface area contributed by atoms with Crippen LogP contribution in [-0.2, 0) is 6.42 Å². The molecule has 0 saturated carbocycles. The number of rotatable bonds is 5. The second-order valence-electron chi connectivity index (χ2n) is 7.51. The highest BCUT2D eigenvalue weighted by Gasteiger charge is 2.13. The van der Waals surface area contributed by atoms with Gasteiger partial charge in [-0.25, -0.2) is 0 Å². The van der Waals surface area contributed by atoms with Gasteiger partial charge in [-0.15, -0.1) is 0 Å².